The van der Waals surface area contributed by atoms with Gasteiger partial charge in [-0.1, -0.05) is 0 Å². The maximum Gasteiger partial charge on any atom is 0.323 e. The fraction of sp³-hybridized carbons (Fsp3) is 0.846. The van der Waals surface area contributed by atoms with Gasteiger partial charge in [0.2, 0.25) is 0 Å². The molecule has 0 bridgehead atoms. The lowest BCUT2D eigenvalue weighted by molar-refractivity contribution is -0.162. The number of aliphatic carboxylic acids is 1. The summed E-state index contributed by atoms with van der Waals surface area (Å²) in [4.78, 5) is 25.2. The average molecular weight is 287 g/mol. The number of carbonyl (C=O) groups is 2. The highest BCUT2D eigenvalue weighted by Crippen LogP contribution is 2.36. The highest BCUT2D eigenvalue weighted by Gasteiger charge is 2.54. The van der Waals surface area contributed by atoms with Gasteiger partial charge in [0.15, 0.2) is 0 Å². The Morgan fingerprint density at radius 3 is 2.40 bits per heavy atom. The molecule has 114 valence electrons. The van der Waals surface area contributed by atoms with Crippen LogP contribution < -0.4 is 0 Å². The molecule has 4 unspecified atom stereocenters. The molecule has 0 aliphatic carbocycles. The van der Waals surface area contributed by atoms with Crippen LogP contribution in [0, 0.1) is 5.92 Å². The summed E-state index contributed by atoms with van der Waals surface area (Å²) in [7, 11) is 0. The molecular formula is C13H21NO6. The van der Waals surface area contributed by atoms with Gasteiger partial charge in [-0.3, -0.25) is 9.59 Å². The Morgan fingerprint density at radius 2 is 2.00 bits per heavy atom. The smallest absolute Gasteiger partial charge is 0.323 e. The molecule has 20 heavy (non-hydrogen) atoms. The van der Waals surface area contributed by atoms with E-state index in [9.17, 15) is 19.8 Å². The Kier molecular flexibility index (Phi) is 4.04. The highest BCUT2D eigenvalue weighted by molar-refractivity contribution is 5.81. The highest BCUT2D eigenvalue weighted by atomic mass is 16.6. The fourth-order valence-electron chi connectivity index (χ4n) is 2.66. The number of carboxylic acids is 1. The zero-order valence-electron chi connectivity index (χ0n) is 11.9. The van der Waals surface area contributed by atoms with Gasteiger partial charge in [-0.2, -0.15) is 0 Å². The van der Waals surface area contributed by atoms with Crippen molar-refractivity contribution >= 4 is 11.9 Å². The third-order valence-electron chi connectivity index (χ3n) is 3.47. The molecule has 7 heteroatoms. The predicted molar refractivity (Wildman–Crippen MR) is 67.8 cm³/mol. The van der Waals surface area contributed by atoms with E-state index in [1.165, 1.54) is 4.90 Å². The quantitative estimate of drug-likeness (QED) is 0.546. The third kappa shape index (κ3) is 3.11. The van der Waals surface area contributed by atoms with Crippen LogP contribution in [0.5, 0.6) is 0 Å². The van der Waals surface area contributed by atoms with E-state index in [0.717, 1.165) is 0 Å². The number of nitrogens with zero attached hydrogens (tertiary/aromatic N) is 1. The zero-order chi connectivity index (χ0) is 15.1. The molecule has 0 aromatic heterocycles. The van der Waals surface area contributed by atoms with Gasteiger partial charge in [-0.15, -0.1) is 0 Å². The third-order valence-corrected chi connectivity index (χ3v) is 3.47. The lowest BCUT2D eigenvalue weighted by Crippen LogP contribution is -2.49. The van der Waals surface area contributed by atoms with Crippen LogP contribution in [-0.2, 0) is 19.1 Å². The Morgan fingerprint density at radius 1 is 1.40 bits per heavy atom. The molecular weight excluding hydrogens is 266 g/mol. The van der Waals surface area contributed by atoms with Crippen LogP contribution in [0.3, 0.4) is 0 Å². The van der Waals surface area contributed by atoms with Crippen molar-refractivity contribution in [2.75, 3.05) is 13.2 Å². The van der Waals surface area contributed by atoms with Crippen LogP contribution >= 0.6 is 0 Å². The summed E-state index contributed by atoms with van der Waals surface area (Å²) in [6, 6.07) is -1.59. The van der Waals surface area contributed by atoms with Crippen molar-refractivity contribution in [3.05, 3.63) is 0 Å². The summed E-state index contributed by atoms with van der Waals surface area (Å²) in [5, 5.41) is 18.7. The van der Waals surface area contributed by atoms with Gasteiger partial charge in [0.1, 0.15) is 23.9 Å². The number of epoxide rings is 1. The van der Waals surface area contributed by atoms with E-state index in [2.05, 4.69) is 0 Å². The van der Waals surface area contributed by atoms with E-state index in [-0.39, 0.29) is 19.3 Å². The van der Waals surface area contributed by atoms with Gasteiger partial charge in [0.25, 0.3) is 0 Å². The molecule has 2 N–H and O–H groups in total. The molecule has 2 aliphatic rings. The lowest BCUT2D eigenvalue weighted by atomic mass is 10.00. The molecule has 2 aliphatic heterocycles. The van der Waals surface area contributed by atoms with E-state index in [1.807, 2.05) is 0 Å². The maximum absolute atomic E-state index is 12.2. The number of carboxylic acid groups (broad SMARTS) is 1. The number of hydrogen-bond acceptors (Lipinski definition) is 6. The number of carbonyl (C=O) groups excluding carboxylic acids is 1. The summed E-state index contributed by atoms with van der Waals surface area (Å²) in [5.74, 6) is -2.00. The van der Waals surface area contributed by atoms with Gasteiger partial charge in [-0.25, -0.2) is 4.90 Å². The number of aliphatic hydroxyl groups is 1. The van der Waals surface area contributed by atoms with E-state index < -0.39 is 35.5 Å². The Bertz CT molecular complexity index is 400. The van der Waals surface area contributed by atoms with Crippen molar-refractivity contribution in [1.29, 1.82) is 0 Å². The van der Waals surface area contributed by atoms with Crippen molar-refractivity contribution in [3.8, 4) is 0 Å². The van der Waals surface area contributed by atoms with E-state index in [0.29, 0.717) is 6.61 Å². The first kappa shape index (κ1) is 15.2. The number of ether oxygens (including phenoxy) is 2. The van der Waals surface area contributed by atoms with E-state index in [4.69, 9.17) is 9.47 Å². The number of aliphatic hydroxyl groups excluding tert-OH is 1. The number of esters is 1. The van der Waals surface area contributed by atoms with E-state index >= 15 is 0 Å². The minimum Gasteiger partial charge on any atom is -0.480 e. The molecule has 0 spiro atoms. The first-order valence-corrected chi connectivity index (χ1v) is 6.70. The van der Waals surface area contributed by atoms with Gasteiger partial charge in [0.05, 0.1) is 6.61 Å². The van der Waals surface area contributed by atoms with Crippen LogP contribution in [0.25, 0.3) is 0 Å². The largest absolute Gasteiger partial charge is 0.480 e. The molecule has 0 saturated carbocycles. The van der Waals surface area contributed by atoms with Crippen LogP contribution in [-0.4, -0.2) is 64.2 Å². The standard InChI is InChI=1S/C13H21NO6/c1-13(2,3)20-12(18)8-4-7(5-15)10(11(16)17)14(8)9-6-19-9/h7-10,15H,4-6H2,1-3H3,(H,16,17). The molecule has 4 atom stereocenters. The first-order valence-electron chi connectivity index (χ1n) is 6.70. The minimum atomic E-state index is -1.05. The Balaban J connectivity index is 2.19. The van der Waals surface area contributed by atoms with Crippen molar-refractivity contribution in [3.63, 3.8) is 0 Å². The molecule has 0 amide bonds. The van der Waals surface area contributed by atoms with Crippen molar-refractivity contribution in [1.82, 2.24) is 4.90 Å². The van der Waals surface area contributed by atoms with Gasteiger partial charge >= 0.3 is 11.9 Å². The lowest BCUT2D eigenvalue weighted by Gasteiger charge is -2.28. The maximum atomic E-state index is 12.2. The number of hydrogen-bond donors (Lipinski definition) is 2. The molecule has 2 rings (SSSR count). The summed E-state index contributed by atoms with van der Waals surface area (Å²) < 4.78 is 10.5. The molecule has 2 saturated heterocycles. The SMILES string of the molecule is CC(C)(C)OC(=O)C1CC(CO)C(C(=O)O)N1C1CO1. The molecule has 0 aromatic rings. The summed E-state index contributed by atoms with van der Waals surface area (Å²) >= 11 is 0. The van der Waals surface area contributed by atoms with Gasteiger partial charge in [0, 0.05) is 12.5 Å². The molecule has 0 radical (unpaired) electrons. The topological polar surface area (TPSA) is 99.6 Å². The van der Waals surface area contributed by atoms with Crippen LogP contribution in [0.4, 0.5) is 0 Å². The van der Waals surface area contributed by atoms with Crippen LogP contribution in [0.2, 0.25) is 0 Å². The van der Waals surface area contributed by atoms with Crippen LogP contribution in [0.15, 0.2) is 0 Å². The second kappa shape index (κ2) is 5.31. The Labute approximate surface area is 117 Å². The summed E-state index contributed by atoms with van der Waals surface area (Å²) in [5.41, 5.74) is -0.636. The second-order valence-electron chi connectivity index (χ2n) is 6.25. The average Bonchev–Trinajstić information content (AvgIpc) is 3.05. The van der Waals surface area contributed by atoms with Gasteiger partial charge < -0.3 is 19.7 Å². The van der Waals surface area contributed by atoms with Crippen molar-refractivity contribution < 1.29 is 29.3 Å². The second-order valence-corrected chi connectivity index (χ2v) is 6.25. The molecule has 2 heterocycles. The zero-order valence-corrected chi connectivity index (χ0v) is 11.9. The molecule has 7 nitrogen and oxygen atoms in total. The first-order chi connectivity index (χ1) is 9.24. The van der Waals surface area contributed by atoms with Crippen molar-refractivity contribution in [2.24, 2.45) is 5.92 Å². The van der Waals surface area contributed by atoms with Gasteiger partial charge in [-0.05, 0) is 27.2 Å². The monoisotopic (exact) mass is 287 g/mol. The summed E-state index contributed by atoms with van der Waals surface area (Å²) in [6.07, 6.45) is -0.104. The minimum absolute atomic E-state index is 0.266. The van der Waals surface area contributed by atoms with E-state index in [1.54, 1.807) is 20.8 Å². The Hall–Kier alpha value is -1.18. The van der Waals surface area contributed by atoms with Crippen LogP contribution in [0.1, 0.15) is 27.2 Å². The summed E-state index contributed by atoms with van der Waals surface area (Å²) in [6.45, 7) is 5.41. The fourth-order valence-corrected chi connectivity index (χ4v) is 2.66. The molecule has 0 aromatic carbocycles. The number of likely N-dealkylation sites (tertiary alicyclic amines) is 1. The molecule has 2 fully saturated rings. The van der Waals surface area contributed by atoms with Crippen molar-refractivity contribution in [2.45, 2.75) is 51.1 Å². The normalized spacial score (nSPS) is 34.0. The number of rotatable bonds is 4. The predicted octanol–water partition coefficient (Wildman–Crippen LogP) is -0.180.